The van der Waals surface area contributed by atoms with E-state index in [0.717, 1.165) is 30.0 Å². The van der Waals surface area contributed by atoms with Gasteiger partial charge in [-0.05, 0) is 29.8 Å². The Balaban J connectivity index is 1.58. The minimum Gasteiger partial charge on any atom is -0.496 e. The third-order valence-electron chi connectivity index (χ3n) is 5.48. The van der Waals surface area contributed by atoms with Crippen molar-refractivity contribution in [1.29, 1.82) is 0 Å². The number of para-hydroxylation sites is 1. The van der Waals surface area contributed by atoms with Gasteiger partial charge in [0.25, 0.3) is 5.91 Å². The molecule has 0 bridgehead atoms. The van der Waals surface area contributed by atoms with E-state index in [1.807, 2.05) is 41.2 Å². The number of carbonyl (C=O) groups is 1. The number of hydrogen-bond donors (Lipinski definition) is 0. The van der Waals surface area contributed by atoms with E-state index in [9.17, 15) is 4.79 Å². The Morgan fingerprint density at radius 3 is 2.52 bits per heavy atom. The Kier molecular flexibility index (Phi) is 6.49. The maximum atomic E-state index is 13.3. The van der Waals surface area contributed by atoms with Gasteiger partial charge in [0, 0.05) is 50.8 Å². The normalized spacial score (nSPS) is 13.8. The van der Waals surface area contributed by atoms with E-state index in [1.165, 1.54) is 0 Å². The van der Waals surface area contributed by atoms with Crippen LogP contribution in [0.1, 0.15) is 15.9 Å². The van der Waals surface area contributed by atoms with Crippen molar-refractivity contribution in [3.8, 4) is 11.4 Å². The summed E-state index contributed by atoms with van der Waals surface area (Å²) in [7, 11) is 3.36. The second-order valence-electron chi connectivity index (χ2n) is 7.48. The van der Waals surface area contributed by atoms with Crippen LogP contribution in [0.2, 0.25) is 5.02 Å². The number of carbonyl (C=O) groups excluding carboxylic acids is 1. The lowest BCUT2D eigenvalue weighted by Crippen LogP contribution is -2.37. The summed E-state index contributed by atoms with van der Waals surface area (Å²) in [5.41, 5.74) is 3.43. The smallest absolute Gasteiger partial charge is 0.257 e. The predicted molar refractivity (Wildman–Crippen MR) is 123 cm³/mol. The largest absolute Gasteiger partial charge is 0.496 e. The molecule has 0 N–H and O–H groups in total. The fourth-order valence-electron chi connectivity index (χ4n) is 3.86. The molecule has 1 amide bonds. The zero-order valence-electron chi connectivity index (χ0n) is 17.8. The van der Waals surface area contributed by atoms with E-state index < -0.39 is 0 Å². The molecule has 1 saturated heterocycles. The Labute approximate surface area is 187 Å². The van der Waals surface area contributed by atoms with Crippen LogP contribution in [0.4, 0.5) is 5.69 Å². The summed E-state index contributed by atoms with van der Waals surface area (Å²) in [5, 5.41) is 0.488. The van der Waals surface area contributed by atoms with Crippen molar-refractivity contribution in [3.63, 3.8) is 0 Å². The molecule has 2 heterocycles. The van der Waals surface area contributed by atoms with Gasteiger partial charge in [-0.25, -0.2) is 0 Å². The molecule has 0 atom stereocenters. The van der Waals surface area contributed by atoms with E-state index in [0.29, 0.717) is 36.1 Å². The molecule has 3 aromatic rings. The highest BCUT2D eigenvalue weighted by molar-refractivity contribution is 6.33. The van der Waals surface area contributed by atoms with Crippen molar-refractivity contribution in [2.45, 2.75) is 6.54 Å². The van der Waals surface area contributed by atoms with Crippen molar-refractivity contribution in [2.75, 3.05) is 45.4 Å². The fraction of sp³-hybridized carbons (Fsp3) is 0.292. The van der Waals surface area contributed by atoms with Crippen LogP contribution in [0.5, 0.6) is 5.75 Å². The first kappa shape index (κ1) is 21.3. The number of benzene rings is 2. The molecule has 162 valence electrons. The predicted octanol–water partition coefficient (Wildman–Crippen LogP) is 4.25. The molecule has 31 heavy (non-hydrogen) atoms. The number of amides is 1. The van der Waals surface area contributed by atoms with E-state index in [-0.39, 0.29) is 5.91 Å². The molecule has 2 aromatic carbocycles. The number of morpholine rings is 1. The van der Waals surface area contributed by atoms with Gasteiger partial charge in [-0.2, -0.15) is 0 Å². The molecule has 0 radical (unpaired) electrons. The van der Waals surface area contributed by atoms with Gasteiger partial charge in [-0.3, -0.25) is 4.79 Å². The molecule has 1 fully saturated rings. The van der Waals surface area contributed by atoms with Crippen molar-refractivity contribution >= 4 is 23.2 Å². The molecule has 0 spiro atoms. The Morgan fingerprint density at radius 1 is 1.10 bits per heavy atom. The first-order chi connectivity index (χ1) is 15.1. The van der Waals surface area contributed by atoms with Crippen LogP contribution in [0.25, 0.3) is 5.69 Å². The van der Waals surface area contributed by atoms with Crippen LogP contribution < -0.4 is 9.64 Å². The van der Waals surface area contributed by atoms with E-state index in [2.05, 4.69) is 17.0 Å². The molecule has 6 nitrogen and oxygen atoms in total. The molecule has 7 heteroatoms. The van der Waals surface area contributed by atoms with Crippen molar-refractivity contribution in [3.05, 3.63) is 77.1 Å². The minimum atomic E-state index is -0.144. The second-order valence-corrected chi connectivity index (χ2v) is 7.89. The summed E-state index contributed by atoms with van der Waals surface area (Å²) < 4.78 is 12.9. The maximum absolute atomic E-state index is 13.3. The first-order valence-corrected chi connectivity index (χ1v) is 10.6. The second kappa shape index (κ2) is 9.45. The van der Waals surface area contributed by atoms with Crippen LogP contribution in [-0.4, -0.2) is 55.8 Å². The topological polar surface area (TPSA) is 46.9 Å². The van der Waals surface area contributed by atoms with Gasteiger partial charge >= 0.3 is 0 Å². The number of methoxy groups -OCH3 is 1. The van der Waals surface area contributed by atoms with E-state index in [1.54, 1.807) is 31.2 Å². The highest BCUT2D eigenvalue weighted by atomic mass is 35.5. The Morgan fingerprint density at radius 2 is 1.81 bits per heavy atom. The van der Waals surface area contributed by atoms with Crippen molar-refractivity contribution in [2.24, 2.45) is 0 Å². The van der Waals surface area contributed by atoms with Crippen LogP contribution in [0.15, 0.2) is 60.9 Å². The quantitative estimate of drug-likeness (QED) is 0.576. The molecule has 1 aliphatic rings. The van der Waals surface area contributed by atoms with Gasteiger partial charge < -0.3 is 23.8 Å². The van der Waals surface area contributed by atoms with E-state index >= 15 is 0 Å². The van der Waals surface area contributed by atoms with E-state index in [4.69, 9.17) is 21.1 Å². The maximum Gasteiger partial charge on any atom is 0.257 e. The van der Waals surface area contributed by atoms with Gasteiger partial charge in [-0.1, -0.05) is 29.8 Å². The molecular formula is C24H26ClN3O3. The SMILES string of the molecule is COc1cc(-n2cccc2)c(Cl)cc1C(=O)N(C)Cc1ccccc1N1CCOCC1. The highest BCUT2D eigenvalue weighted by Gasteiger charge is 2.22. The van der Waals surface area contributed by atoms with Gasteiger partial charge in [0.1, 0.15) is 5.75 Å². The van der Waals surface area contributed by atoms with Gasteiger partial charge in [0.05, 0.1) is 36.6 Å². The molecule has 0 aliphatic carbocycles. The number of ether oxygens (including phenoxy) is 2. The van der Waals surface area contributed by atoms with Crippen LogP contribution in [0, 0.1) is 0 Å². The summed E-state index contributed by atoms with van der Waals surface area (Å²) >= 11 is 6.52. The lowest BCUT2D eigenvalue weighted by atomic mass is 10.1. The Bertz CT molecular complexity index is 1050. The molecule has 0 unspecified atom stereocenters. The average Bonchev–Trinajstić information content (AvgIpc) is 3.34. The lowest BCUT2D eigenvalue weighted by Gasteiger charge is -2.31. The van der Waals surface area contributed by atoms with Gasteiger partial charge in [-0.15, -0.1) is 0 Å². The third kappa shape index (κ3) is 4.55. The van der Waals surface area contributed by atoms with Crippen LogP contribution in [0.3, 0.4) is 0 Å². The Hall–Kier alpha value is -2.96. The van der Waals surface area contributed by atoms with Crippen molar-refractivity contribution < 1.29 is 14.3 Å². The minimum absolute atomic E-state index is 0.144. The summed E-state index contributed by atoms with van der Waals surface area (Å²) in [6.07, 6.45) is 3.80. The number of halogens is 1. The first-order valence-electron chi connectivity index (χ1n) is 10.3. The summed E-state index contributed by atoms with van der Waals surface area (Å²) in [6.45, 7) is 3.60. The fourth-order valence-corrected chi connectivity index (χ4v) is 4.12. The lowest BCUT2D eigenvalue weighted by molar-refractivity contribution is 0.0781. The number of nitrogens with zero attached hydrogens (tertiary/aromatic N) is 3. The van der Waals surface area contributed by atoms with Gasteiger partial charge in [0.2, 0.25) is 0 Å². The molecule has 4 rings (SSSR count). The third-order valence-corrected chi connectivity index (χ3v) is 5.78. The number of anilines is 1. The zero-order valence-corrected chi connectivity index (χ0v) is 18.5. The zero-order chi connectivity index (χ0) is 21.8. The summed E-state index contributed by atoms with van der Waals surface area (Å²) in [6, 6.07) is 15.5. The highest BCUT2D eigenvalue weighted by Crippen LogP contribution is 2.31. The van der Waals surface area contributed by atoms with Crippen molar-refractivity contribution in [1.82, 2.24) is 9.47 Å². The number of hydrogen-bond acceptors (Lipinski definition) is 4. The standard InChI is InChI=1S/C24H26ClN3O3/c1-26(17-18-7-3-4-8-21(18)28-11-13-31-14-12-28)24(29)19-15-20(25)22(16-23(19)30-2)27-9-5-6-10-27/h3-10,15-16H,11-14,17H2,1-2H3. The number of aromatic nitrogens is 1. The molecular weight excluding hydrogens is 414 g/mol. The van der Waals surface area contributed by atoms with Crippen LogP contribution >= 0.6 is 11.6 Å². The van der Waals surface area contributed by atoms with Gasteiger partial charge in [0.15, 0.2) is 0 Å². The molecule has 1 aromatic heterocycles. The monoisotopic (exact) mass is 439 g/mol. The summed E-state index contributed by atoms with van der Waals surface area (Å²) in [4.78, 5) is 17.3. The van der Waals surface area contributed by atoms with Crippen LogP contribution in [-0.2, 0) is 11.3 Å². The summed E-state index contributed by atoms with van der Waals surface area (Å²) in [5.74, 6) is 0.348. The average molecular weight is 440 g/mol. The number of rotatable bonds is 6. The molecule has 0 saturated carbocycles. The molecule has 1 aliphatic heterocycles.